The minimum atomic E-state index is -0.374. The molecule has 0 saturated heterocycles. The molecule has 0 aliphatic heterocycles. The summed E-state index contributed by atoms with van der Waals surface area (Å²) in [5.41, 5.74) is 2.21. The molecule has 1 aliphatic carbocycles. The first kappa shape index (κ1) is 10.3. The second-order valence-electron chi connectivity index (χ2n) is 4.09. The second-order valence-corrected chi connectivity index (χ2v) is 5.51. The Labute approximate surface area is 103 Å². The van der Waals surface area contributed by atoms with Crippen molar-refractivity contribution in [2.24, 2.45) is 0 Å². The van der Waals surface area contributed by atoms with Gasteiger partial charge in [-0.2, -0.15) is 0 Å². The van der Waals surface area contributed by atoms with E-state index in [1.54, 1.807) is 11.3 Å². The molecule has 1 aromatic carbocycles. The van der Waals surface area contributed by atoms with Crippen LogP contribution in [0.4, 0.5) is 0 Å². The molecule has 0 amide bonds. The van der Waals surface area contributed by atoms with Gasteiger partial charge in [0.2, 0.25) is 0 Å². The molecule has 0 radical (unpaired) electrons. The SMILES string of the molecule is O[C@H]1C[C@H](c2cccs2)c2ccc(Cl)cc21. The van der Waals surface area contributed by atoms with E-state index >= 15 is 0 Å². The number of hydrogen-bond donors (Lipinski definition) is 1. The van der Waals surface area contributed by atoms with Gasteiger partial charge in [-0.25, -0.2) is 0 Å². The van der Waals surface area contributed by atoms with E-state index in [1.807, 2.05) is 18.2 Å². The van der Waals surface area contributed by atoms with Crippen LogP contribution in [0.3, 0.4) is 0 Å². The van der Waals surface area contributed by atoms with E-state index in [9.17, 15) is 5.11 Å². The minimum Gasteiger partial charge on any atom is -0.388 e. The topological polar surface area (TPSA) is 20.2 Å². The smallest absolute Gasteiger partial charge is 0.0802 e. The van der Waals surface area contributed by atoms with Crippen LogP contribution >= 0.6 is 22.9 Å². The minimum absolute atomic E-state index is 0.335. The quantitative estimate of drug-likeness (QED) is 0.812. The first-order chi connectivity index (χ1) is 7.75. The van der Waals surface area contributed by atoms with E-state index in [2.05, 4.69) is 17.5 Å². The average molecular weight is 251 g/mol. The zero-order chi connectivity index (χ0) is 11.1. The Morgan fingerprint density at radius 1 is 1.25 bits per heavy atom. The maximum Gasteiger partial charge on any atom is 0.0802 e. The lowest BCUT2D eigenvalue weighted by Gasteiger charge is -2.08. The van der Waals surface area contributed by atoms with Crippen molar-refractivity contribution < 1.29 is 5.11 Å². The third-order valence-electron chi connectivity index (χ3n) is 3.13. The molecule has 1 aromatic heterocycles. The number of aliphatic hydroxyl groups excluding tert-OH is 1. The summed E-state index contributed by atoms with van der Waals surface area (Å²) in [6.45, 7) is 0. The van der Waals surface area contributed by atoms with Crippen LogP contribution in [0.15, 0.2) is 35.7 Å². The van der Waals surface area contributed by atoms with Crippen LogP contribution in [0.1, 0.15) is 34.4 Å². The maximum absolute atomic E-state index is 10.0. The predicted molar refractivity (Wildman–Crippen MR) is 67.2 cm³/mol. The molecule has 2 atom stereocenters. The lowest BCUT2D eigenvalue weighted by molar-refractivity contribution is 0.176. The van der Waals surface area contributed by atoms with Crippen molar-refractivity contribution in [3.8, 4) is 0 Å². The molecule has 0 unspecified atom stereocenters. The molecule has 1 N–H and O–H groups in total. The summed E-state index contributed by atoms with van der Waals surface area (Å²) in [4.78, 5) is 1.32. The second kappa shape index (κ2) is 3.88. The molecule has 1 nitrogen and oxygen atoms in total. The number of thiophene rings is 1. The highest BCUT2D eigenvalue weighted by Gasteiger charge is 2.31. The number of benzene rings is 1. The van der Waals surface area contributed by atoms with Crippen LogP contribution in [0.25, 0.3) is 0 Å². The largest absolute Gasteiger partial charge is 0.388 e. The summed E-state index contributed by atoms with van der Waals surface area (Å²) in [6, 6.07) is 10.0. The Bertz CT molecular complexity index is 507. The van der Waals surface area contributed by atoms with Gasteiger partial charge >= 0.3 is 0 Å². The summed E-state index contributed by atoms with van der Waals surface area (Å²) in [6.07, 6.45) is 0.400. The van der Waals surface area contributed by atoms with Crippen LogP contribution in [0.5, 0.6) is 0 Å². The van der Waals surface area contributed by atoms with Gasteiger partial charge in [-0.05, 0) is 41.1 Å². The zero-order valence-electron chi connectivity index (χ0n) is 8.56. The highest BCUT2D eigenvalue weighted by molar-refractivity contribution is 7.10. The molecule has 3 heteroatoms. The first-order valence-corrected chi connectivity index (χ1v) is 6.52. The lowest BCUT2D eigenvalue weighted by atomic mass is 10.00. The molecule has 1 aliphatic rings. The van der Waals surface area contributed by atoms with Gasteiger partial charge in [-0.1, -0.05) is 23.7 Å². The first-order valence-electron chi connectivity index (χ1n) is 5.26. The van der Waals surface area contributed by atoms with E-state index in [0.717, 1.165) is 12.0 Å². The Morgan fingerprint density at radius 2 is 2.12 bits per heavy atom. The monoisotopic (exact) mass is 250 g/mol. The van der Waals surface area contributed by atoms with Crippen molar-refractivity contribution in [1.29, 1.82) is 0 Å². The summed E-state index contributed by atoms with van der Waals surface area (Å²) >= 11 is 7.70. The van der Waals surface area contributed by atoms with Crippen molar-refractivity contribution in [3.63, 3.8) is 0 Å². The Morgan fingerprint density at radius 3 is 2.88 bits per heavy atom. The molecular weight excluding hydrogens is 240 g/mol. The Kier molecular flexibility index (Phi) is 2.51. The summed E-state index contributed by atoms with van der Waals surface area (Å²) in [7, 11) is 0. The highest BCUT2D eigenvalue weighted by atomic mass is 35.5. The van der Waals surface area contributed by atoms with Crippen molar-refractivity contribution in [3.05, 3.63) is 56.7 Å². The number of hydrogen-bond acceptors (Lipinski definition) is 2. The van der Waals surface area contributed by atoms with Gasteiger partial charge in [0.15, 0.2) is 0 Å². The van der Waals surface area contributed by atoms with Gasteiger partial charge < -0.3 is 5.11 Å². The molecule has 0 fully saturated rings. The van der Waals surface area contributed by atoms with Crippen LogP contribution in [0, 0.1) is 0 Å². The predicted octanol–water partition coefficient (Wildman–Crippen LogP) is 3.97. The fourth-order valence-corrected chi connectivity index (χ4v) is 3.43. The molecule has 82 valence electrons. The van der Waals surface area contributed by atoms with Crippen molar-refractivity contribution >= 4 is 22.9 Å². The van der Waals surface area contributed by atoms with Crippen molar-refractivity contribution in [2.75, 3.05) is 0 Å². The highest BCUT2D eigenvalue weighted by Crippen LogP contribution is 2.45. The van der Waals surface area contributed by atoms with E-state index in [4.69, 9.17) is 11.6 Å². The fraction of sp³-hybridized carbons (Fsp3) is 0.231. The Hall–Kier alpha value is -0.830. The van der Waals surface area contributed by atoms with E-state index in [0.29, 0.717) is 10.9 Å². The molecular formula is C13H11ClOS. The van der Waals surface area contributed by atoms with Crippen molar-refractivity contribution in [2.45, 2.75) is 18.4 Å². The molecule has 0 spiro atoms. The van der Waals surface area contributed by atoms with Gasteiger partial charge in [0.25, 0.3) is 0 Å². The van der Waals surface area contributed by atoms with Gasteiger partial charge in [-0.3, -0.25) is 0 Å². The standard InChI is InChI=1S/C13H11ClOS/c14-8-3-4-9-10(6-8)12(15)7-11(9)13-2-1-5-16-13/h1-6,11-12,15H,7H2/t11-,12-/m0/s1. The lowest BCUT2D eigenvalue weighted by Crippen LogP contribution is -1.92. The number of halogens is 1. The van der Waals surface area contributed by atoms with Crippen molar-refractivity contribution in [1.82, 2.24) is 0 Å². The normalized spacial score (nSPS) is 23.4. The third kappa shape index (κ3) is 1.58. The molecule has 1 heterocycles. The molecule has 2 aromatic rings. The summed E-state index contributed by atoms with van der Waals surface area (Å²) < 4.78 is 0. The zero-order valence-corrected chi connectivity index (χ0v) is 10.1. The van der Waals surface area contributed by atoms with Crippen LogP contribution in [-0.4, -0.2) is 5.11 Å². The molecule has 16 heavy (non-hydrogen) atoms. The van der Waals surface area contributed by atoms with Gasteiger partial charge in [0, 0.05) is 15.8 Å². The average Bonchev–Trinajstić information content (AvgIpc) is 2.87. The molecule has 3 rings (SSSR count). The van der Waals surface area contributed by atoms with E-state index in [1.165, 1.54) is 10.4 Å². The molecule has 0 bridgehead atoms. The van der Waals surface area contributed by atoms with Gasteiger partial charge in [0.05, 0.1) is 6.10 Å². The van der Waals surface area contributed by atoms with E-state index < -0.39 is 0 Å². The maximum atomic E-state index is 10.0. The van der Waals surface area contributed by atoms with Gasteiger partial charge in [0.1, 0.15) is 0 Å². The number of rotatable bonds is 1. The van der Waals surface area contributed by atoms with Crippen LogP contribution in [-0.2, 0) is 0 Å². The van der Waals surface area contributed by atoms with Crippen LogP contribution < -0.4 is 0 Å². The fourth-order valence-electron chi connectivity index (χ4n) is 2.39. The van der Waals surface area contributed by atoms with Gasteiger partial charge in [-0.15, -0.1) is 11.3 Å². The Balaban J connectivity index is 2.09. The number of aliphatic hydroxyl groups is 1. The number of fused-ring (bicyclic) bond motifs is 1. The summed E-state index contributed by atoms with van der Waals surface area (Å²) in [5, 5.41) is 12.8. The van der Waals surface area contributed by atoms with E-state index in [-0.39, 0.29) is 6.10 Å². The van der Waals surface area contributed by atoms with Crippen LogP contribution in [0.2, 0.25) is 5.02 Å². The molecule has 0 saturated carbocycles. The summed E-state index contributed by atoms with van der Waals surface area (Å²) in [5.74, 6) is 0.335. The third-order valence-corrected chi connectivity index (χ3v) is 4.35.